The number of likely N-dealkylation sites (tertiary alicyclic amines) is 1. The molecule has 0 radical (unpaired) electrons. The van der Waals surface area contributed by atoms with E-state index in [1.165, 1.54) is 0 Å². The Labute approximate surface area is 191 Å². The first kappa shape index (κ1) is 20.9. The van der Waals surface area contributed by atoms with E-state index in [1.54, 1.807) is 24.1 Å². The van der Waals surface area contributed by atoms with Crippen molar-refractivity contribution >= 4 is 28.5 Å². The summed E-state index contributed by atoms with van der Waals surface area (Å²) in [6, 6.07) is 18.4. The van der Waals surface area contributed by atoms with Crippen molar-refractivity contribution in [2.75, 3.05) is 11.9 Å². The molecule has 1 aliphatic heterocycles. The van der Waals surface area contributed by atoms with Gasteiger partial charge in [-0.1, -0.05) is 36.4 Å². The first-order chi connectivity index (χ1) is 16.1. The number of carbonyl (C=O) groups excluding carboxylic acids is 2. The lowest BCUT2D eigenvalue weighted by atomic mass is 10.0. The summed E-state index contributed by atoms with van der Waals surface area (Å²) in [5, 5.41) is 3.76. The lowest BCUT2D eigenvalue weighted by Gasteiger charge is -2.34. The second-order valence-electron chi connectivity index (χ2n) is 8.21. The fraction of sp³-hybridized carbons (Fsp3) is 0.231. The van der Waals surface area contributed by atoms with Crippen LogP contribution in [0, 0.1) is 6.92 Å². The molecule has 4 aromatic rings. The summed E-state index contributed by atoms with van der Waals surface area (Å²) in [5.41, 5.74) is 2.39. The van der Waals surface area contributed by atoms with Crippen LogP contribution < -0.4 is 5.32 Å². The van der Waals surface area contributed by atoms with Crippen molar-refractivity contribution in [3.8, 4) is 0 Å². The quantitative estimate of drug-likeness (QED) is 0.474. The first-order valence-corrected chi connectivity index (χ1v) is 11.1. The van der Waals surface area contributed by atoms with Gasteiger partial charge in [0.1, 0.15) is 5.58 Å². The summed E-state index contributed by atoms with van der Waals surface area (Å²) in [4.78, 5) is 36.9. The highest BCUT2D eigenvalue weighted by Crippen LogP contribution is 2.32. The Morgan fingerprint density at radius 1 is 1.06 bits per heavy atom. The van der Waals surface area contributed by atoms with Gasteiger partial charge in [-0.25, -0.2) is 9.97 Å². The largest absolute Gasteiger partial charge is 0.451 e. The van der Waals surface area contributed by atoms with E-state index >= 15 is 0 Å². The third kappa shape index (κ3) is 4.22. The molecule has 0 spiro atoms. The molecule has 7 heteroatoms. The molecule has 0 unspecified atom stereocenters. The van der Waals surface area contributed by atoms with Gasteiger partial charge in [0.05, 0.1) is 17.3 Å². The number of amides is 2. The van der Waals surface area contributed by atoms with Gasteiger partial charge in [0.25, 0.3) is 11.8 Å². The molecule has 1 N–H and O–H groups in total. The Morgan fingerprint density at radius 2 is 1.85 bits per heavy atom. The number of furan rings is 1. The summed E-state index contributed by atoms with van der Waals surface area (Å²) < 4.78 is 5.81. The molecule has 33 heavy (non-hydrogen) atoms. The SMILES string of the molecule is Cc1nc([C@@H]2CCCCN2C(=O)c2cc3ccccc3o2)ncc1C(=O)Nc1ccccc1. The molecule has 0 bridgehead atoms. The lowest BCUT2D eigenvalue weighted by molar-refractivity contribution is 0.0569. The predicted octanol–water partition coefficient (Wildman–Crippen LogP) is 5.15. The van der Waals surface area contributed by atoms with Gasteiger partial charge in [-0.3, -0.25) is 9.59 Å². The number of anilines is 1. The molecule has 1 fully saturated rings. The molecule has 2 amide bonds. The molecule has 166 valence electrons. The van der Waals surface area contributed by atoms with Gasteiger partial charge in [-0.05, 0) is 50.5 Å². The number of nitrogens with one attached hydrogen (secondary N) is 1. The second-order valence-corrected chi connectivity index (χ2v) is 8.21. The minimum atomic E-state index is -0.260. The van der Waals surface area contributed by atoms with Gasteiger partial charge in [-0.15, -0.1) is 0 Å². The Morgan fingerprint density at radius 3 is 2.64 bits per heavy atom. The molecule has 7 nitrogen and oxygen atoms in total. The molecule has 0 aliphatic carbocycles. The van der Waals surface area contributed by atoms with E-state index in [0.29, 0.717) is 40.7 Å². The van der Waals surface area contributed by atoms with Crippen LogP contribution in [0.2, 0.25) is 0 Å². The van der Waals surface area contributed by atoms with Gasteiger partial charge >= 0.3 is 0 Å². The maximum atomic E-state index is 13.3. The van der Waals surface area contributed by atoms with Gasteiger partial charge in [0, 0.05) is 23.8 Å². The number of fused-ring (bicyclic) bond motifs is 1. The van der Waals surface area contributed by atoms with Gasteiger partial charge in [0.2, 0.25) is 0 Å². The van der Waals surface area contributed by atoms with E-state index in [9.17, 15) is 9.59 Å². The summed E-state index contributed by atoms with van der Waals surface area (Å²) in [6.45, 7) is 2.40. The molecular formula is C26H24N4O3. The predicted molar refractivity (Wildman–Crippen MR) is 125 cm³/mol. The molecule has 2 aromatic heterocycles. The number of benzene rings is 2. The molecule has 3 heterocycles. The smallest absolute Gasteiger partial charge is 0.290 e. The Hall–Kier alpha value is -4.00. The third-order valence-electron chi connectivity index (χ3n) is 5.97. The van der Waals surface area contributed by atoms with E-state index in [-0.39, 0.29) is 17.9 Å². The third-order valence-corrected chi connectivity index (χ3v) is 5.97. The highest BCUT2D eigenvalue weighted by Gasteiger charge is 2.32. The van der Waals surface area contributed by atoms with Crippen LogP contribution in [0.5, 0.6) is 0 Å². The summed E-state index contributed by atoms with van der Waals surface area (Å²) in [6.07, 6.45) is 4.21. The van der Waals surface area contributed by atoms with Crippen LogP contribution in [0.25, 0.3) is 11.0 Å². The maximum absolute atomic E-state index is 13.3. The zero-order chi connectivity index (χ0) is 22.8. The van der Waals surface area contributed by atoms with Crippen molar-refractivity contribution in [1.29, 1.82) is 0 Å². The highest BCUT2D eigenvalue weighted by molar-refractivity contribution is 6.04. The van der Waals surface area contributed by atoms with Crippen molar-refractivity contribution in [1.82, 2.24) is 14.9 Å². The zero-order valence-corrected chi connectivity index (χ0v) is 18.3. The number of para-hydroxylation sites is 2. The summed E-state index contributed by atoms with van der Waals surface area (Å²) in [5.74, 6) is 0.443. The summed E-state index contributed by atoms with van der Waals surface area (Å²) >= 11 is 0. The monoisotopic (exact) mass is 440 g/mol. The average molecular weight is 441 g/mol. The zero-order valence-electron chi connectivity index (χ0n) is 18.3. The standard InChI is InChI=1S/C26H24N4O3/c1-17-20(25(31)29-19-10-3-2-4-11-19)16-27-24(28-17)21-12-7-8-14-30(21)26(32)23-15-18-9-5-6-13-22(18)33-23/h2-6,9-11,13,15-16,21H,7-8,12,14H2,1H3,(H,29,31)/t21-/m0/s1. The van der Waals surface area contributed by atoms with Crippen molar-refractivity contribution in [2.45, 2.75) is 32.2 Å². The number of aromatic nitrogens is 2. The number of carbonyl (C=O) groups is 2. The number of rotatable bonds is 4. The van der Waals surface area contributed by atoms with E-state index in [2.05, 4.69) is 15.3 Å². The van der Waals surface area contributed by atoms with E-state index in [0.717, 1.165) is 24.6 Å². The molecule has 5 rings (SSSR count). The van der Waals surface area contributed by atoms with Crippen LogP contribution in [0.1, 0.15) is 57.7 Å². The topological polar surface area (TPSA) is 88.3 Å². The fourth-order valence-electron chi connectivity index (χ4n) is 4.26. The van der Waals surface area contributed by atoms with Crippen LogP contribution in [0.15, 0.2) is 71.3 Å². The average Bonchev–Trinajstić information content (AvgIpc) is 3.28. The van der Waals surface area contributed by atoms with Gasteiger partial charge in [-0.2, -0.15) is 0 Å². The van der Waals surface area contributed by atoms with Crippen molar-refractivity contribution < 1.29 is 14.0 Å². The van der Waals surface area contributed by atoms with Crippen LogP contribution in [0.4, 0.5) is 5.69 Å². The number of piperidine rings is 1. The Kier molecular flexibility index (Phi) is 5.60. The molecule has 1 aliphatic rings. The molecule has 1 atom stereocenters. The summed E-state index contributed by atoms with van der Waals surface area (Å²) in [7, 11) is 0. The van der Waals surface area contributed by atoms with Gasteiger partial charge < -0.3 is 14.6 Å². The second kappa shape index (κ2) is 8.86. The normalized spacial score (nSPS) is 16.0. The number of aryl methyl sites for hydroxylation is 1. The number of hydrogen-bond donors (Lipinski definition) is 1. The Bertz CT molecular complexity index is 1280. The van der Waals surface area contributed by atoms with Gasteiger partial charge in [0.15, 0.2) is 11.6 Å². The molecule has 0 saturated carbocycles. The number of nitrogens with zero attached hydrogens (tertiary/aromatic N) is 3. The molecular weight excluding hydrogens is 416 g/mol. The van der Waals surface area contributed by atoms with Crippen molar-refractivity contribution in [3.05, 3.63) is 89.7 Å². The molecule has 2 aromatic carbocycles. The fourth-order valence-corrected chi connectivity index (χ4v) is 4.26. The van der Waals surface area contributed by atoms with E-state index in [1.807, 2.05) is 54.6 Å². The van der Waals surface area contributed by atoms with Crippen LogP contribution in [0.3, 0.4) is 0 Å². The lowest BCUT2D eigenvalue weighted by Crippen LogP contribution is -2.39. The van der Waals surface area contributed by atoms with Crippen molar-refractivity contribution in [3.63, 3.8) is 0 Å². The van der Waals surface area contributed by atoms with Crippen LogP contribution >= 0.6 is 0 Å². The van der Waals surface area contributed by atoms with Crippen LogP contribution in [-0.4, -0.2) is 33.2 Å². The number of hydrogen-bond acceptors (Lipinski definition) is 5. The minimum absolute atomic E-state index is 0.164. The first-order valence-electron chi connectivity index (χ1n) is 11.1. The van der Waals surface area contributed by atoms with E-state index < -0.39 is 0 Å². The minimum Gasteiger partial charge on any atom is -0.451 e. The highest BCUT2D eigenvalue weighted by atomic mass is 16.3. The molecule has 1 saturated heterocycles. The van der Waals surface area contributed by atoms with Crippen LogP contribution in [-0.2, 0) is 0 Å². The maximum Gasteiger partial charge on any atom is 0.290 e. The van der Waals surface area contributed by atoms with Crippen molar-refractivity contribution in [2.24, 2.45) is 0 Å². The Balaban J connectivity index is 1.39. The van der Waals surface area contributed by atoms with E-state index in [4.69, 9.17) is 4.42 Å².